The van der Waals surface area contributed by atoms with Gasteiger partial charge in [-0.05, 0) is 44.4 Å². The SMILES string of the molecule is CCN(C(=O)Nc1cc(C(=O)O)ccc1C)C1CCCC1. The number of anilines is 1. The molecule has 1 aromatic carbocycles. The highest BCUT2D eigenvalue weighted by atomic mass is 16.4. The Bertz CT molecular complexity index is 536. The lowest BCUT2D eigenvalue weighted by Crippen LogP contribution is -2.41. The molecule has 1 saturated carbocycles. The molecule has 0 unspecified atom stereocenters. The molecule has 1 fully saturated rings. The van der Waals surface area contributed by atoms with Crippen LogP contribution in [0.25, 0.3) is 0 Å². The van der Waals surface area contributed by atoms with Crippen molar-refractivity contribution in [1.82, 2.24) is 4.90 Å². The summed E-state index contributed by atoms with van der Waals surface area (Å²) < 4.78 is 0. The molecule has 0 heterocycles. The molecule has 0 aliphatic heterocycles. The molecule has 0 spiro atoms. The Morgan fingerprint density at radius 2 is 2.00 bits per heavy atom. The van der Waals surface area contributed by atoms with Crippen LogP contribution in [0.4, 0.5) is 10.5 Å². The van der Waals surface area contributed by atoms with E-state index < -0.39 is 5.97 Å². The fraction of sp³-hybridized carbons (Fsp3) is 0.500. The first-order valence-corrected chi connectivity index (χ1v) is 7.44. The molecule has 5 heteroatoms. The van der Waals surface area contributed by atoms with Gasteiger partial charge in [0.05, 0.1) is 5.56 Å². The number of hydrogen-bond donors (Lipinski definition) is 2. The van der Waals surface area contributed by atoms with Crippen LogP contribution in [0, 0.1) is 6.92 Å². The van der Waals surface area contributed by atoms with E-state index in [1.54, 1.807) is 12.1 Å². The minimum Gasteiger partial charge on any atom is -0.478 e. The van der Waals surface area contributed by atoms with Crippen LogP contribution in [0.5, 0.6) is 0 Å². The van der Waals surface area contributed by atoms with Gasteiger partial charge in [0.2, 0.25) is 0 Å². The monoisotopic (exact) mass is 290 g/mol. The van der Waals surface area contributed by atoms with E-state index in [0.717, 1.165) is 18.4 Å². The summed E-state index contributed by atoms with van der Waals surface area (Å²) >= 11 is 0. The van der Waals surface area contributed by atoms with Crippen molar-refractivity contribution in [2.24, 2.45) is 0 Å². The second-order valence-electron chi connectivity index (χ2n) is 5.49. The van der Waals surface area contributed by atoms with Crippen molar-refractivity contribution in [3.63, 3.8) is 0 Å². The maximum absolute atomic E-state index is 12.4. The first-order chi connectivity index (χ1) is 10.0. The van der Waals surface area contributed by atoms with Crippen LogP contribution in [-0.2, 0) is 0 Å². The van der Waals surface area contributed by atoms with Crippen LogP contribution in [0.15, 0.2) is 18.2 Å². The number of carboxylic acid groups (broad SMARTS) is 1. The van der Waals surface area contributed by atoms with E-state index in [-0.39, 0.29) is 11.6 Å². The Hall–Kier alpha value is -2.04. The lowest BCUT2D eigenvalue weighted by atomic mass is 10.1. The zero-order valence-electron chi connectivity index (χ0n) is 12.6. The summed E-state index contributed by atoms with van der Waals surface area (Å²) in [5, 5.41) is 11.9. The summed E-state index contributed by atoms with van der Waals surface area (Å²) in [4.78, 5) is 25.3. The Morgan fingerprint density at radius 3 is 2.57 bits per heavy atom. The second kappa shape index (κ2) is 6.61. The Balaban J connectivity index is 2.14. The molecule has 0 atom stereocenters. The van der Waals surface area contributed by atoms with Crippen LogP contribution in [0.1, 0.15) is 48.5 Å². The molecule has 5 nitrogen and oxygen atoms in total. The molecule has 1 aromatic rings. The Morgan fingerprint density at radius 1 is 1.33 bits per heavy atom. The highest BCUT2D eigenvalue weighted by molar-refractivity contribution is 5.94. The van der Waals surface area contributed by atoms with Gasteiger partial charge in [-0.2, -0.15) is 0 Å². The van der Waals surface area contributed by atoms with Gasteiger partial charge in [-0.1, -0.05) is 18.9 Å². The normalized spacial score (nSPS) is 15.0. The Labute approximate surface area is 125 Å². The largest absolute Gasteiger partial charge is 0.478 e. The van der Waals surface area contributed by atoms with Crippen molar-refractivity contribution in [2.45, 2.75) is 45.6 Å². The molecule has 1 aliphatic rings. The number of aryl methyl sites for hydroxylation is 1. The summed E-state index contributed by atoms with van der Waals surface area (Å²) in [5.74, 6) is -0.992. The molecule has 0 radical (unpaired) electrons. The fourth-order valence-electron chi connectivity index (χ4n) is 2.86. The minimum absolute atomic E-state index is 0.143. The van der Waals surface area contributed by atoms with E-state index in [2.05, 4.69) is 5.32 Å². The average molecular weight is 290 g/mol. The quantitative estimate of drug-likeness (QED) is 0.891. The van der Waals surface area contributed by atoms with Crippen LogP contribution < -0.4 is 5.32 Å². The topological polar surface area (TPSA) is 69.6 Å². The van der Waals surface area contributed by atoms with E-state index >= 15 is 0 Å². The van der Waals surface area contributed by atoms with Crippen molar-refractivity contribution in [3.05, 3.63) is 29.3 Å². The average Bonchev–Trinajstić information content (AvgIpc) is 2.95. The van der Waals surface area contributed by atoms with Crippen molar-refractivity contribution in [3.8, 4) is 0 Å². The first kappa shape index (κ1) is 15.4. The summed E-state index contributed by atoms with van der Waals surface area (Å²) in [6.45, 7) is 4.49. The summed E-state index contributed by atoms with van der Waals surface area (Å²) in [5.41, 5.74) is 1.60. The standard InChI is InChI=1S/C16H22N2O3/c1-3-18(13-6-4-5-7-13)16(21)17-14-10-12(15(19)20)9-8-11(14)2/h8-10,13H,3-7H2,1-2H3,(H,17,21)(H,19,20). The zero-order chi connectivity index (χ0) is 15.4. The number of carbonyl (C=O) groups is 2. The fourth-order valence-corrected chi connectivity index (χ4v) is 2.86. The predicted octanol–water partition coefficient (Wildman–Crippen LogP) is 3.49. The van der Waals surface area contributed by atoms with Gasteiger partial charge in [-0.25, -0.2) is 9.59 Å². The summed E-state index contributed by atoms with van der Waals surface area (Å²) in [6.07, 6.45) is 4.44. The minimum atomic E-state index is -0.992. The third-order valence-electron chi connectivity index (χ3n) is 4.09. The lowest BCUT2D eigenvalue weighted by Gasteiger charge is -2.28. The van der Waals surface area contributed by atoms with Gasteiger partial charge in [0.1, 0.15) is 0 Å². The number of urea groups is 1. The summed E-state index contributed by atoms with van der Waals surface area (Å²) in [7, 11) is 0. The molecule has 0 saturated heterocycles. The first-order valence-electron chi connectivity index (χ1n) is 7.44. The van der Waals surface area contributed by atoms with Gasteiger partial charge in [-0.15, -0.1) is 0 Å². The summed E-state index contributed by atoms with van der Waals surface area (Å²) in [6, 6.07) is 4.93. The van der Waals surface area contributed by atoms with Gasteiger partial charge in [0.15, 0.2) is 0 Å². The maximum Gasteiger partial charge on any atom is 0.335 e. The van der Waals surface area contributed by atoms with Crippen molar-refractivity contribution >= 4 is 17.7 Å². The number of aromatic carboxylic acids is 1. The van der Waals surface area contributed by atoms with Gasteiger partial charge in [0, 0.05) is 18.3 Å². The predicted molar refractivity (Wildman–Crippen MR) is 81.8 cm³/mol. The van der Waals surface area contributed by atoms with Crippen LogP contribution in [0.2, 0.25) is 0 Å². The van der Waals surface area contributed by atoms with Gasteiger partial charge in [0.25, 0.3) is 0 Å². The molecule has 21 heavy (non-hydrogen) atoms. The molecule has 2 amide bonds. The van der Waals surface area contributed by atoms with Crippen LogP contribution in [0.3, 0.4) is 0 Å². The molecule has 2 rings (SSSR count). The Kier molecular flexibility index (Phi) is 4.83. The molecule has 0 bridgehead atoms. The smallest absolute Gasteiger partial charge is 0.335 e. The highest BCUT2D eigenvalue weighted by Gasteiger charge is 2.25. The van der Waals surface area contributed by atoms with E-state index in [1.165, 1.54) is 18.9 Å². The van der Waals surface area contributed by atoms with Crippen LogP contribution >= 0.6 is 0 Å². The van der Waals surface area contributed by atoms with E-state index in [9.17, 15) is 9.59 Å². The lowest BCUT2D eigenvalue weighted by molar-refractivity contribution is 0.0697. The number of rotatable bonds is 4. The molecule has 114 valence electrons. The van der Waals surface area contributed by atoms with Gasteiger partial charge < -0.3 is 15.3 Å². The van der Waals surface area contributed by atoms with E-state index in [0.29, 0.717) is 18.3 Å². The second-order valence-corrected chi connectivity index (χ2v) is 5.49. The van der Waals surface area contributed by atoms with Crippen molar-refractivity contribution < 1.29 is 14.7 Å². The van der Waals surface area contributed by atoms with Crippen molar-refractivity contribution in [2.75, 3.05) is 11.9 Å². The molecule has 0 aromatic heterocycles. The molecule has 1 aliphatic carbocycles. The van der Waals surface area contributed by atoms with Crippen LogP contribution in [-0.4, -0.2) is 34.6 Å². The number of carboxylic acids is 1. The third-order valence-corrected chi connectivity index (χ3v) is 4.09. The number of nitrogens with zero attached hydrogens (tertiary/aromatic N) is 1. The number of nitrogens with one attached hydrogen (secondary N) is 1. The third kappa shape index (κ3) is 3.54. The highest BCUT2D eigenvalue weighted by Crippen LogP contribution is 2.25. The van der Waals surface area contributed by atoms with Gasteiger partial charge >= 0.3 is 12.0 Å². The number of carbonyl (C=O) groups excluding carboxylic acids is 1. The molecular formula is C16H22N2O3. The number of benzene rings is 1. The number of amides is 2. The number of hydrogen-bond acceptors (Lipinski definition) is 2. The van der Waals surface area contributed by atoms with Gasteiger partial charge in [-0.3, -0.25) is 0 Å². The van der Waals surface area contributed by atoms with Crippen molar-refractivity contribution in [1.29, 1.82) is 0 Å². The zero-order valence-corrected chi connectivity index (χ0v) is 12.6. The molecular weight excluding hydrogens is 268 g/mol. The van der Waals surface area contributed by atoms with E-state index in [1.807, 2.05) is 18.7 Å². The van der Waals surface area contributed by atoms with E-state index in [4.69, 9.17) is 5.11 Å². The maximum atomic E-state index is 12.4. The molecule has 2 N–H and O–H groups in total.